The first-order valence-corrected chi connectivity index (χ1v) is 6.99. The molecule has 0 bridgehead atoms. The molecule has 1 heterocycles. The highest BCUT2D eigenvalue weighted by atomic mass is 19.1. The van der Waals surface area contributed by atoms with E-state index < -0.39 is 0 Å². The Morgan fingerprint density at radius 3 is 2.53 bits per heavy atom. The maximum absolute atomic E-state index is 12.7. The fourth-order valence-corrected chi connectivity index (χ4v) is 2.40. The third-order valence-corrected chi connectivity index (χ3v) is 3.67. The van der Waals surface area contributed by atoms with E-state index in [1.165, 1.54) is 12.1 Å². The van der Waals surface area contributed by atoms with Crippen molar-refractivity contribution in [3.05, 3.63) is 30.1 Å². The van der Waals surface area contributed by atoms with Crippen LogP contribution in [0.1, 0.15) is 19.3 Å². The smallest absolute Gasteiger partial charge is 0.123 e. The fraction of sp³-hybridized carbons (Fsp3) is 0.600. The third-order valence-electron chi connectivity index (χ3n) is 3.67. The Morgan fingerprint density at radius 2 is 1.89 bits per heavy atom. The SMILES string of the molecule is OCC1CCN(CCCOc2ccc(F)cc2)CC1. The molecule has 0 saturated carbocycles. The van der Waals surface area contributed by atoms with Gasteiger partial charge in [-0.3, -0.25) is 0 Å². The second-order valence-electron chi connectivity index (χ2n) is 5.12. The van der Waals surface area contributed by atoms with E-state index in [2.05, 4.69) is 4.90 Å². The summed E-state index contributed by atoms with van der Waals surface area (Å²) in [6.07, 6.45) is 3.16. The lowest BCUT2D eigenvalue weighted by atomic mass is 9.98. The Morgan fingerprint density at radius 1 is 1.21 bits per heavy atom. The summed E-state index contributed by atoms with van der Waals surface area (Å²) in [6.45, 7) is 4.15. The molecular formula is C15H22FNO2. The van der Waals surface area contributed by atoms with Gasteiger partial charge in [-0.2, -0.15) is 0 Å². The highest BCUT2D eigenvalue weighted by molar-refractivity contribution is 5.21. The summed E-state index contributed by atoms with van der Waals surface area (Å²) < 4.78 is 18.3. The zero-order valence-corrected chi connectivity index (χ0v) is 11.2. The highest BCUT2D eigenvalue weighted by Gasteiger charge is 2.17. The Bertz CT molecular complexity index is 361. The molecule has 0 aliphatic carbocycles. The van der Waals surface area contributed by atoms with Gasteiger partial charge in [0.2, 0.25) is 0 Å². The van der Waals surface area contributed by atoms with E-state index >= 15 is 0 Å². The molecule has 2 rings (SSSR count). The van der Waals surface area contributed by atoms with Crippen LogP contribution in [0.25, 0.3) is 0 Å². The molecule has 0 amide bonds. The number of piperidine rings is 1. The summed E-state index contributed by atoms with van der Waals surface area (Å²) in [5.74, 6) is 0.978. The van der Waals surface area contributed by atoms with Gasteiger partial charge in [0, 0.05) is 13.2 Å². The largest absolute Gasteiger partial charge is 0.494 e. The molecule has 1 aliphatic heterocycles. The van der Waals surface area contributed by atoms with Crippen LogP contribution in [-0.4, -0.2) is 42.9 Å². The van der Waals surface area contributed by atoms with Crippen LogP contribution in [0.3, 0.4) is 0 Å². The number of nitrogens with zero attached hydrogens (tertiary/aromatic N) is 1. The van der Waals surface area contributed by atoms with Gasteiger partial charge in [0.15, 0.2) is 0 Å². The average molecular weight is 267 g/mol. The van der Waals surface area contributed by atoms with Gasteiger partial charge in [0.1, 0.15) is 11.6 Å². The van der Waals surface area contributed by atoms with Crippen LogP contribution in [0, 0.1) is 11.7 Å². The monoisotopic (exact) mass is 267 g/mol. The van der Waals surface area contributed by atoms with Crippen molar-refractivity contribution in [1.29, 1.82) is 0 Å². The summed E-state index contributed by atoms with van der Waals surface area (Å²) in [5.41, 5.74) is 0. The third kappa shape index (κ3) is 4.80. The molecule has 0 unspecified atom stereocenters. The fourth-order valence-electron chi connectivity index (χ4n) is 2.40. The van der Waals surface area contributed by atoms with E-state index in [0.29, 0.717) is 19.1 Å². The minimum atomic E-state index is -0.237. The Balaban J connectivity index is 1.58. The zero-order valence-electron chi connectivity index (χ0n) is 11.2. The maximum Gasteiger partial charge on any atom is 0.123 e. The van der Waals surface area contributed by atoms with Gasteiger partial charge in [0.25, 0.3) is 0 Å². The van der Waals surface area contributed by atoms with Crippen LogP contribution in [0.4, 0.5) is 4.39 Å². The van der Waals surface area contributed by atoms with E-state index in [-0.39, 0.29) is 5.82 Å². The number of halogens is 1. The topological polar surface area (TPSA) is 32.7 Å². The number of hydrogen-bond acceptors (Lipinski definition) is 3. The zero-order chi connectivity index (χ0) is 13.5. The van der Waals surface area contributed by atoms with Crippen molar-refractivity contribution in [3.8, 4) is 5.75 Å². The number of aliphatic hydroxyl groups is 1. The number of likely N-dealkylation sites (tertiary alicyclic amines) is 1. The summed E-state index contributed by atoms with van der Waals surface area (Å²) in [6, 6.07) is 6.13. The molecule has 4 heteroatoms. The van der Waals surface area contributed by atoms with Gasteiger partial charge in [-0.25, -0.2) is 4.39 Å². The van der Waals surface area contributed by atoms with Gasteiger partial charge in [-0.05, 0) is 62.5 Å². The molecule has 0 aromatic heterocycles. The molecule has 0 radical (unpaired) electrons. The van der Waals surface area contributed by atoms with Crippen LogP contribution >= 0.6 is 0 Å². The van der Waals surface area contributed by atoms with Crippen molar-refractivity contribution in [2.45, 2.75) is 19.3 Å². The number of benzene rings is 1. The summed E-state index contributed by atoms with van der Waals surface area (Å²) >= 11 is 0. The Kier molecular flexibility index (Phi) is 5.61. The van der Waals surface area contributed by atoms with E-state index in [0.717, 1.165) is 44.6 Å². The molecule has 106 valence electrons. The van der Waals surface area contributed by atoms with Gasteiger partial charge in [0.05, 0.1) is 6.61 Å². The Hall–Kier alpha value is -1.13. The average Bonchev–Trinajstić information content (AvgIpc) is 2.46. The lowest BCUT2D eigenvalue weighted by Gasteiger charge is -2.30. The number of hydrogen-bond donors (Lipinski definition) is 1. The van der Waals surface area contributed by atoms with Crippen LogP contribution in [-0.2, 0) is 0 Å². The number of ether oxygens (including phenoxy) is 1. The molecule has 1 saturated heterocycles. The lowest BCUT2D eigenvalue weighted by Crippen LogP contribution is -2.35. The van der Waals surface area contributed by atoms with Gasteiger partial charge >= 0.3 is 0 Å². The summed E-state index contributed by atoms with van der Waals surface area (Å²) in [7, 11) is 0. The molecule has 19 heavy (non-hydrogen) atoms. The standard InChI is InChI=1S/C15H22FNO2/c16-14-2-4-15(5-3-14)19-11-1-8-17-9-6-13(12-18)7-10-17/h2-5,13,18H,1,6-12H2. The lowest BCUT2D eigenvalue weighted by molar-refractivity contribution is 0.126. The van der Waals surface area contributed by atoms with Crippen molar-refractivity contribution < 1.29 is 14.2 Å². The van der Waals surface area contributed by atoms with E-state index in [1.54, 1.807) is 12.1 Å². The molecule has 3 nitrogen and oxygen atoms in total. The normalized spacial score (nSPS) is 17.6. The highest BCUT2D eigenvalue weighted by Crippen LogP contribution is 2.16. The van der Waals surface area contributed by atoms with Crippen LogP contribution in [0.5, 0.6) is 5.75 Å². The Labute approximate surface area is 114 Å². The van der Waals surface area contributed by atoms with Crippen LogP contribution < -0.4 is 4.74 Å². The first-order chi connectivity index (χ1) is 9.28. The molecule has 0 spiro atoms. The molecule has 1 N–H and O–H groups in total. The van der Waals surface area contributed by atoms with E-state index in [1.807, 2.05) is 0 Å². The first-order valence-electron chi connectivity index (χ1n) is 6.99. The first kappa shape index (κ1) is 14.3. The number of aliphatic hydroxyl groups excluding tert-OH is 1. The second-order valence-corrected chi connectivity index (χ2v) is 5.12. The molecule has 1 fully saturated rings. The molecule has 1 aromatic carbocycles. The van der Waals surface area contributed by atoms with Crippen LogP contribution in [0.2, 0.25) is 0 Å². The van der Waals surface area contributed by atoms with Crippen LogP contribution in [0.15, 0.2) is 24.3 Å². The quantitative estimate of drug-likeness (QED) is 0.803. The molecule has 1 aliphatic rings. The minimum absolute atomic E-state index is 0.237. The van der Waals surface area contributed by atoms with E-state index in [4.69, 9.17) is 9.84 Å². The molecular weight excluding hydrogens is 245 g/mol. The molecule has 0 atom stereocenters. The summed E-state index contributed by atoms with van der Waals surface area (Å²) in [5, 5.41) is 9.07. The second kappa shape index (κ2) is 7.46. The van der Waals surface area contributed by atoms with Crippen molar-refractivity contribution >= 4 is 0 Å². The van der Waals surface area contributed by atoms with Crippen molar-refractivity contribution in [3.63, 3.8) is 0 Å². The minimum Gasteiger partial charge on any atom is -0.494 e. The predicted molar refractivity (Wildman–Crippen MR) is 72.8 cm³/mol. The van der Waals surface area contributed by atoms with Crippen molar-refractivity contribution in [2.24, 2.45) is 5.92 Å². The van der Waals surface area contributed by atoms with Crippen molar-refractivity contribution in [2.75, 3.05) is 32.8 Å². The van der Waals surface area contributed by atoms with E-state index in [9.17, 15) is 4.39 Å². The van der Waals surface area contributed by atoms with Gasteiger partial charge in [-0.15, -0.1) is 0 Å². The molecule has 1 aromatic rings. The summed E-state index contributed by atoms with van der Waals surface area (Å²) in [4.78, 5) is 2.42. The van der Waals surface area contributed by atoms with Crippen molar-refractivity contribution in [1.82, 2.24) is 4.90 Å². The van der Waals surface area contributed by atoms with Gasteiger partial charge in [-0.1, -0.05) is 0 Å². The number of rotatable bonds is 6. The maximum atomic E-state index is 12.7. The predicted octanol–water partition coefficient (Wildman–Crippen LogP) is 2.30. The van der Waals surface area contributed by atoms with Gasteiger partial charge < -0.3 is 14.7 Å².